The monoisotopic (exact) mass is 375 g/mol. The third-order valence-electron chi connectivity index (χ3n) is 4.76. The van der Waals surface area contributed by atoms with Crippen molar-refractivity contribution < 1.29 is 9.21 Å². The maximum absolute atomic E-state index is 12.6. The number of furan rings is 1. The fourth-order valence-electron chi connectivity index (χ4n) is 3.32. The van der Waals surface area contributed by atoms with E-state index in [4.69, 9.17) is 4.42 Å². The van der Waals surface area contributed by atoms with Crippen molar-refractivity contribution in [1.29, 1.82) is 0 Å². The third kappa shape index (κ3) is 3.32. The maximum atomic E-state index is 12.6. The number of aromatic nitrogens is 3. The van der Waals surface area contributed by atoms with Gasteiger partial charge >= 0.3 is 0 Å². The van der Waals surface area contributed by atoms with E-state index >= 15 is 0 Å². The highest BCUT2D eigenvalue weighted by molar-refractivity contribution is 6.05. The van der Waals surface area contributed by atoms with Crippen LogP contribution in [-0.2, 0) is 7.05 Å². The molecule has 2 N–H and O–H groups in total. The molecule has 1 aromatic carbocycles. The van der Waals surface area contributed by atoms with E-state index in [0.29, 0.717) is 23.2 Å². The minimum atomic E-state index is -0.305. The van der Waals surface area contributed by atoms with Gasteiger partial charge in [0.15, 0.2) is 11.6 Å². The lowest BCUT2D eigenvalue weighted by molar-refractivity contribution is 0.0996. The van der Waals surface area contributed by atoms with Crippen LogP contribution in [0.25, 0.3) is 11.0 Å². The Kier molecular flexibility index (Phi) is 5.29. The molecule has 0 aliphatic carbocycles. The van der Waals surface area contributed by atoms with E-state index in [2.05, 4.69) is 20.7 Å². The van der Waals surface area contributed by atoms with Gasteiger partial charge in [0, 0.05) is 23.9 Å². The van der Waals surface area contributed by atoms with Gasteiger partial charge in [0.25, 0.3) is 5.91 Å². The van der Waals surface area contributed by atoms with E-state index in [0.717, 1.165) is 42.7 Å². The fourth-order valence-corrected chi connectivity index (χ4v) is 3.32. The lowest BCUT2D eigenvalue weighted by Crippen LogP contribution is -2.27. The van der Waals surface area contributed by atoms with Gasteiger partial charge in [-0.3, -0.25) is 10.1 Å². The highest BCUT2D eigenvalue weighted by atomic mass is 35.5. The molecule has 0 atom stereocenters. The summed E-state index contributed by atoms with van der Waals surface area (Å²) in [7, 11) is 1.79. The van der Waals surface area contributed by atoms with Crippen molar-refractivity contribution in [3.05, 3.63) is 41.4 Å². The number of anilines is 1. The second-order valence-corrected chi connectivity index (χ2v) is 6.45. The number of carbonyl (C=O) groups excluding carboxylic acids is 1. The maximum Gasteiger partial charge on any atom is 0.294 e. The van der Waals surface area contributed by atoms with Gasteiger partial charge in [-0.1, -0.05) is 18.2 Å². The van der Waals surface area contributed by atoms with Crippen LogP contribution >= 0.6 is 12.4 Å². The molecule has 3 heterocycles. The summed E-state index contributed by atoms with van der Waals surface area (Å²) in [6.07, 6.45) is 2.03. The smallest absolute Gasteiger partial charge is 0.294 e. The number of hydrogen-bond acceptors (Lipinski definition) is 5. The molecule has 1 aliphatic heterocycles. The summed E-state index contributed by atoms with van der Waals surface area (Å²) in [6, 6.07) is 7.63. The number of nitrogens with one attached hydrogen (secondary N) is 2. The van der Waals surface area contributed by atoms with Crippen LogP contribution in [0.1, 0.15) is 40.7 Å². The minimum absolute atomic E-state index is 0. The van der Waals surface area contributed by atoms with E-state index in [1.165, 1.54) is 0 Å². The van der Waals surface area contributed by atoms with Crippen LogP contribution in [0.5, 0.6) is 0 Å². The van der Waals surface area contributed by atoms with E-state index in [1.807, 2.05) is 31.2 Å². The predicted molar refractivity (Wildman–Crippen MR) is 102 cm³/mol. The SMILES string of the molecule is Cc1c(C(=O)Nc2nc(C3CCNCC3)nn2C)oc2ccccc12.Cl. The molecular weight excluding hydrogens is 354 g/mol. The molecule has 2 aromatic heterocycles. The standard InChI is InChI=1S/C18H21N5O2.ClH/c1-11-13-5-3-4-6-14(13)25-15(11)17(24)21-18-20-16(22-23(18)2)12-7-9-19-10-8-12;/h3-6,12,19H,7-10H2,1-2H3,(H,20,21,22,24);1H. The van der Waals surface area contributed by atoms with E-state index in [-0.39, 0.29) is 18.3 Å². The third-order valence-corrected chi connectivity index (χ3v) is 4.76. The number of piperidine rings is 1. The number of amides is 1. The van der Waals surface area contributed by atoms with E-state index in [9.17, 15) is 4.79 Å². The molecule has 1 fully saturated rings. The topological polar surface area (TPSA) is 85.0 Å². The van der Waals surface area contributed by atoms with Gasteiger partial charge in [-0.15, -0.1) is 12.4 Å². The molecule has 7 nitrogen and oxygen atoms in total. The van der Waals surface area contributed by atoms with Crippen LogP contribution in [-0.4, -0.2) is 33.8 Å². The molecule has 1 amide bonds. The summed E-state index contributed by atoms with van der Waals surface area (Å²) in [5, 5.41) is 11.6. The number of para-hydroxylation sites is 1. The van der Waals surface area contributed by atoms with Crippen molar-refractivity contribution >= 4 is 35.2 Å². The molecule has 8 heteroatoms. The molecule has 4 rings (SSSR count). The summed E-state index contributed by atoms with van der Waals surface area (Å²) in [5.74, 6) is 1.58. The first-order valence-electron chi connectivity index (χ1n) is 8.54. The Labute approximate surface area is 157 Å². The quantitative estimate of drug-likeness (QED) is 0.735. The number of fused-ring (bicyclic) bond motifs is 1. The first kappa shape index (κ1) is 18.4. The summed E-state index contributed by atoms with van der Waals surface area (Å²) in [4.78, 5) is 17.2. The molecular formula is C18H22ClN5O2. The number of halogens is 1. The van der Waals surface area contributed by atoms with Crippen LogP contribution in [0, 0.1) is 6.92 Å². The zero-order valence-electron chi connectivity index (χ0n) is 14.8. The second-order valence-electron chi connectivity index (χ2n) is 6.45. The molecule has 0 spiro atoms. The van der Waals surface area contributed by atoms with Crippen LogP contribution in [0.2, 0.25) is 0 Å². The summed E-state index contributed by atoms with van der Waals surface area (Å²) in [5.41, 5.74) is 1.53. The number of rotatable bonds is 3. The lowest BCUT2D eigenvalue weighted by atomic mass is 9.98. The first-order valence-corrected chi connectivity index (χ1v) is 8.54. The Balaban J connectivity index is 0.00000196. The molecule has 0 saturated carbocycles. The van der Waals surface area contributed by atoms with Crippen molar-refractivity contribution in [2.75, 3.05) is 18.4 Å². The molecule has 138 valence electrons. The number of carbonyl (C=O) groups is 1. The fraction of sp³-hybridized carbons (Fsp3) is 0.389. The Hall–Kier alpha value is -2.38. The molecule has 26 heavy (non-hydrogen) atoms. The average molecular weight is 376 g/mol. The number of benzene rings is 1. The normalized spacial score (nSPS) is 15.0. The second kappa shape index (κ2) is 7.47. The number of nitrogens with zero attached hydrogens (tertiary/aromatic N) is 3. The Morgan fingerprint density at radius 1 is 1.31 bits per heavy atom. The zero-order chi connectivity index (χ0) is 17.4. The molecule has 1 aliphatic rings. The van der Waals surface area contributed by atoms with Gasteiger partial charge in [-0.2, -0.15) is 10.1 Å². The summed E-state index contributed by atoms with van der Waals surface area (Å²) < 4.78 is 7.34. The van der Waals surface area contributed by atoms with E-state index < -0.39 is 0 Å². The summed E-state index contributed by atoms with van der Waals surface area (Å²) >= 11 is 0. The van der Waals surface area contributed by atoms with Crippen LogP contribution < -0.4 is 10.6 Å². The predicted octanol–water partition coefficient (Wildman–Crippen LogP) is 3.01. The average Bonchev–Trinajstić information content (AvgIpc) is 3.17. The van der Waals surface area contributed by atoms with Crippen LogP contribution in [0.4, 0.5) is 5.95 Å². The van der Waals surface area contributed by atoms with Gasteiger partial charge in [0.2, 0.25) is 5.95 Å². The molecule has 3 aromatic rings. The van der Waals surface area contributed by atoms with Crippen molar-refractivity contribution in [3.63, 3.8) is 0 Å². The molecule has 0 bridgehead atoms. The van der Waals surface area contributed by atoms with Crippen LogP contribution in [0.3, 0.4) is 0 Å². The lowest BCUT2D eigenvalue weighted by Gasteiger charge is -2.19. The minimum Gasteiger partial charge on any atom is -0.451 e. The van der Waals surface area contributed by atoms with Crippen LogP contribution in [0.15, 0.2) is 28.7 Å². The van der Waals surface area contributed by atoms with Crippen molar-refractivity contribution in [1.82, 2.24) is 20.1 Å². The molecule has 1 saturated heterocycles. The molecule has 0 unspecified atom stereocenters. The molecule has 0 radical (unpaired) electrons. The first-order chi connectivity index (χ1) is 12.1. The van der Waals surface area contributed by atoms with Gasteiger partial charge in [0.05, 0.1) is 0 Å². The number of aryl methyl sites for hydroxylation is 2. The Morgan fingerprint density at radius 2 is 2.04 bits per heavy atom. The highest BCUT2D eigenvalue weighted by Crippen LogP contribution is 2.26. The van der Waals surface area contributed by atoms with Crippen molar-refractivity contribution in [3.8, 4) is 0 Å². The van der Waals surface area contributed by atoms with E-state index in [1.54, 1.807) is 11.7 Å². The Morgan fingerprint density at radius 3 is 2.77 bits per heavy atom. The summed E-state index contributed by atoms with van der Waals surface area (Å²) in [6.45, 7) is 3.84. The van der Waals surface area contributed by atoms with Gasteiger partial charge in [-0.05, 0) is 38.9 Å². The highest BCUT2D eigenvalue weighted by Gasteiger charge is 2.23. The van der Waals surface area contributed by atoms with Gasteiger partial charge < -0.3 is 9.73 Å². The van der Waals surface area contributed by atoms with Crippen molar-refractivity contribution in [2.24, 2.45) is 7.05 Å². The zero-order valence-corrected chi connectivity index (χ0v) is 15.6. The van der Waals surface area contributed by atoms with Gasteiger partial charge in [-0.25, -0.2) is 4.68 Å². The van der Waals surface area contributed by atoms with Gasteiger partial charge in [0.1, 0.15) is 5.58 Å². The largest absolute Gasteiger partial charge is 0.451 e. The number of hydrogen-bond donors (Lipinski definition) is 2. The Bertz CT molecular complexity index is 927. The van der Waals surface area contributed by atoms with Crippen molar-refractivity contribution in [2.45, 2.75) is 25.7 Å².